The second-order valence-electron chi connectivity index (χ2n) is 6.10. The minimum absolute atomic E-state index is 0.0961. The number of nitrogens with zero attached hydrogens (tertiary/aromatic N) is 1. The van der Waals surface area contributed by atoms with Gasteiger partial charge in [0.1, 0.15) is 5.82 Å². The summed E-state index contributed by atoms with van der Waals surface area (Å²) in [7, 11) is 2.12. The molecule has 3 heteroatoms. The van der Waals surface area contributed by atoms with E-state index in [-0.39, 0.29) is 11.4 Å². The minimum Gasteiger partial charge on any atom is -0.329 e. The van der Waals surface area contributed by atoms with Gasteiger partial charge in [-0.2, -0.15) is 0 Å². The molecule has 0 amide bonds. The van der Waals surface area contributed by atoms with Crippen LogP contribution in [0.2, 0.25) is 0 Å². The quantitative estimate of drug-likeness (QED) is 0.905. The summed E-state index contributed by atoms with van der Waals surface area (Å²) in [6.45, 7) is 3.77. The molecule has 0 aromatic heterocycles. The molecule has 2 N–H and O–H groups in total. The molecule has 1 aliphatic rings. The summed E-state index contributed by atoms with van der Waals surface area (Å²) < 4.78 is 13.2. The lowest BCUT2D eigenvalue weighted by molar-refractivity contribution is 0.0615. The molecule has 1 fully saturated rings. The minimum atomic E-state index is -0.162. The zero-order valence-corrected chi connectivity index (χ0v) is 12.0. The average Bonchev–Trinajstić information content (AvgIpc) is 2.40. The lowest BCUT2D eigenvalue weighted by Gasteiger charge is -2.45. The van der Waals surface area contributed by atoms with Gasteiger partial charge in [-0.1, -0.05) is 19.1 Å². The Labute approximate surface area is 115 Å². The Kier molecular flexibility index (Phi) is 4.58. The number of likely N-dealkylation sites (N-methyl/N-ethyl adjacent to an activating group) is 1. The van der Waals surface area contributed by atoms with Crippen LogP contribution in [0, 0.1) is 11.7 Å². The van der Waals surface area contributed by atoms with Crippen LogP contribution >= 0.6 is 0 Å². The normalized spacial score (nSPS) is 27.7. The summed E-state index contributed by atoms with van der Waals surface area (Å²) in [5, 5.41) is 0. The van der Waals surface area contributed by atoms with Gasteiger partial charge >= 0.3 is 0 Å². The first-order valence-corrected chi connectivity index (χ1v) is 7.21. The fourth-order valence-corrected chi connectivity index (χ4v) is 3.12. The van der Waals surface area contributed by atoms with E-state index in [2.05, 4.69) is 18.9 Å². The van der Waals surface area contributed by atoms with Gasteiger partial charge in [0.05, 0.1) is 0 Å². The molecule has 0 saturated heterocycles. The standard InChI is InChI=1S/C16H25FN2/c1-13-6-8-16(12-18,9-7-13)19(2)11-14-4-3-5-15(17)10-14/h3-5,10,13H,6-9,11-12,18H2,1-2H3. The Morgan fingerprint density at radius 1 is 1.37 bits per heavy atom. The van der Waals surface area contributed by atoms with Crippen molar-refractivity contribution in [2.45, 2.75) is 44.7 Å². The molecular weight excluding hydrogens is 239 g/mol. The Bertz CT molecular complexity index is 411. The van der Waals surface area contributed by atoms with Crippen LogP contribution in [-0.2, 0) is 6.54 Å². The molecule has 1 saturated carbocycles. The Morgan fingerprint density at radius 2 is 2.05 bits per heavy atom. The number of rotatable bonds is 4. The van der Waals surface area contributed by atoms with Crippen molar-refractivity contribution in [3.8, 4) is 0 Å². The van der Waals surface area contributed by atoms with Crippen LogP contribution in [0.1, 0.15) is 38.2 Å². The van der Waals surface area contributed by atoms with Crippen molar-refractivity contribution in [3.63, 3.8) is 0 Å². The van der Waals surface area contributed by atoms with Gasteiger partial charge in [0, 0.05) is 18.6 Å². The van der Waals surface area contributed by atoms with Gasteiger partial charge < -0.3 is 5.73 Å². The van der Waals surface area contributed by atoms with Gasteiger partial charge in [-0.25, -0.2) is 4.39 Å². The van der Waals surface area contributed by atoms with Gasteiger partial charge in [0.15, 0.2) is 0 Å². The molecule has 19 heavy (non-hydrogen) atoms. The van der Waals surface area contributed by atoms with Crippen LogP contribution in [0.25, 0.3) is 0 Å². The third kappa shape index (κ3) is 3.34. The largest absolute Gasteiger partial charge is 0.329 e. The van der Waals surface area contributed by atoms with Crippen molar-refractivity contribution >= 4 is 0 Å². The molecule has 0 spiro atoms. The highest BCUT2D eigenvalue weighted by molar-refractivity contribution is 5.16. The predicted octanol–water partition coefficient (Wildman–Crippen LogP) is 3.17. The molecule has 1 aliphatic carbocycles. The summed E-state index contributed by atoms with van der Waals surface area (Å²) in [5.41, 5.74) is 7.17. The van der Waals surface area contributed by atoms with E-state index in [1.54, 1.807) is 12.1 Å². The molecule has 0 bridgehead atoms. The molecule has 0 aliphatic heterocycles. The third-order valence-electron chi connectivity index (χ3n) is 4.70. The zero-order chi connectivity index (χ0) is 13.9. The second kappa shape index (κ2) is 6.02. The maximum absolute atomic E-state index is 13.2. The van der Waals surface area contributed by atoms with Crippen LogP contribution in [0.15, 0.2) is 24.3 Å². The van der Waals surface area contributed by atoms with E-state index >= 15 is 0 Å². The molecule has 1 aromatic rings. The first-order chi connectivity index (χ1) is 9.05. The van der Waals surface area contributed by atoms with Crippen LogP contribution in [0.4, 0.5) is 4.39 Å². The van der Waals surface area contributed by atoms with Crippen molar-refractivity contribution in [1.29, 1.82) is 0 Å². The second-order valence-corrected chi connectivity index (χ2v) is 6.10. The van der Waals surface area contributed by atoms with Crippen LogP contribution in [0.5, 0.6) is 0 Å². The van der Waals surface area contributed by atoms with E-state index < -0.39 is 0 Å². The Hall–Kier alpha value is -0.930. The number of nitrogens with two attached hydrogens (primary N) is 1. The highest BCUT2D eigenvalue weighted by atomic mass is 19.1. The topological polar surface area (TPSA) is 29.3 Å². The Balaban J connectivity index is 2.06. The number of hydrogen-bond acceptors (Lipinski definition) is 2. The monoisotopic (exact) mass is 264 g/mol. The maximum Gasteiger partial charge on any atom is 0.123 e. The van der Waals surface area contributed by atoms with E-state index in [4.69, 9.17) is 5.73 Å². The van der Waals surface area contributed by atoms with Gasteiger partial charge in [-0.3, -0.25) is 4.90 Å². The van der Waals surface area contributed by atoms with Crippen molar-refractivity contribution in [3.05, 3.63) is 35.6 Å². The van der Waals surface area contributed by atoms with Crippen LogP contribution in [0.3, 0.4) is 0 Å². The summed E-state index contributed by atoms with van der Waals surface area (Å²) >= 11 is 0. The molecule has 2 rings (SSSR count). The van der Waals surface area contributed by atoms with Gasteiger partial charge in [-0.05, 0) is 56.3 Å². The van der Waals surface area contributed by atoms with E-state index in [0.29, 0.717) is 6.54 Å². The predicted molar refractivity (Wildman–Crippen MR) is 77.3 cm³/mol. The zero-order valence-electron chi connectivity index (χ0n) is 12.0. The molecule has 2 nitrogen and oxygen atoms in total. The van der Waals surface area contributed by atoms with Gasteiger partial charge in [0.2, 0.25) is 0 Å². The van der Waals surface area contributed by atoms with E-state index in [0.717, 1.165) is 30.9 Å². The van der Waals surface area contributed by atoms with E-state index in [1.165, 1.54) is 18.9 Å². The first-order valence-electron chi connectivity index (χ1n) is 7.21. The average molecular weight is 264 g/mol. The lowest BCUT2D eigenvalue weighted by Crippen LogP contribution is -2.53. The van der Waals surface area contributed by atoms with Crippen molar-refractivity contribution in [2.75, 3.05) is 13.6 Å². The first kappa shape index (κ1) is 14.5. The van der Waals surface area contributed by atoms with Crippen molar-refractivity contribution in [1.82, 2.24) is 4.90 Å². The number of hydrogen-bond donors (Lipinski definition) is 1. The van der Waals surface area contributed by atoms with Crippen LogP contribution < -0.4 is 5.73 Å². The molecule has 0 unspecified atom stereocenters. The third-order valence-corrected chi connectivity index (χ3v) is 4.70. The molecule has 0 heterocycles. The smallest absolute Gasteiger partial charge is 0.123 e. The van der Waals surface area contributed by atoms with Crippen LogP contribution in [-0.4, -0.2) is 24.0 Å². The van der Waals surface area contributed by atoms with Gasteiger partial charge in [-0.15, -0.1) is 0 Å². The number of benzene rings is 1. The molecular formula is C16H25FN2. The molecule has 0 atom stereocenters. The fourth-order valence-electron chi connectivity index (χ4n) is 3.12. The SMILES string of the molecule is CC1CCC(CN)(N(C)Cc2cccc(F)c2)CC1. The van der Waals surface area contributed by atoms with Crippen molar-refractivity contribution < 1.29 is 4.39 Å². The summed E-state index contributed by atoms with van der Waals surface area (Å²) in [5.74, 6) is 0.646. The van der Waals surface area contributed by atoms with Crippen molar-refractivity contribution in [2.24, 2.45) is 11.7 Å². The summed E-state index contributed by atoms with van der Waals surface area (Å²) in [6.07, 6.45) is 4.78. The maximum atomic E-state index is 13.2. The Morgan fingerprint density at radius 3 is 2.63 bits per heavy atom. The van der Waals surface area contributed by atoms with Gasteiger partial charge in [0.25, 0.3) is 0 Å². The number of halogens is 1. The highest BCUT2D eigenvalue weighted by Gasteiger charge is 2.36. The highest BCUT2D eigenvalue weighted by Crippen LogP contribution is 2.35. The molecule has 0 radical (unpaired) electrons. The van der Waals surface area contributed by atoms with E-state index in [1.807, 2.05) is 6.07 Å². The summed E-state index contributed by atoms with van der Waals surface area (Å²) in [6, 6.07) is 6.86. The lowest BCUT2D eigenvalue weighted by atomic mass is 9.76. The van der Waals surface area contributed by atoms with E-state index in [9.17, 15) is 4.39 Å². The molecule has 106 valence electrons. The summed E-state index contributed by atoms with van der Waals surface area (Å²) in [4.78, 5) is 2.33. The fraction of sp³-hybridized carbons (Fsp3) is 0.625. The molecule has 1 aromatic carbocycles.